The van der Waals surface area contributed by atoms with Gasteiger partial charge >= 0.3 is 0 Å². The van der Waals surface area contributed by atoms with Gasteiger partial charge in [0.2, 0.25) is 5.91 Å². The van der Waals surface area contributed by atoms with Crippen molar-refractivity contribution in [3.8, 4) is 0 Å². The van der Waals surface area contributed by atoms with Crippen molar-refractivity contribution in [2.24, 2.45) is 5.73 Å². The molecule has 1 heterocycles. The van der Waals surface area contributed by atoms with E-state index in [1.807, 2.05) is 44.2 Å². The molecule has 0 bridgehead atoms. The fourth-order valence-corrected chi connectivity index (χ4v) is 1.92. The van der Waals surface area contributed by atoms with Gasteiger partial charge in [-0.3, -0.25) is 4.79 Å². The van der Waals surface area contributed by atoms with E-state index in [0.717, 1.165) is 17.4 Å². The van der Waals surface area contributed by atoms with Gasteiger partial charge < -0.3 is 15.5 Å². The zero-order valence-corrected chi connectivity index (χ0v) is 12.6. The summed E-state index contributed by atoms with van der Waals surface area (Å²) in [5.74, 6) is 0.375. The summed E-state index contributed by atoms with van der Waals surface area (Å²) in [4.78, 5) is 12.0. The molecule has 4 nitrogen and oxygen atoms in total. The number of para-hydroxylation sites is 1. The van der Waals surface area contributed by atoms with Crippen molar-refractivity contribution in [1.82, 2.24) is 5.32 Å². The maximum Gasteiger partial charge on any atom is 0.230 e. The minimum atomic E-state index is -0.291. The molecule has 0 saturated carbocycles. The first-order chi connectivity index (χ1) is 9.08. The van der Waals surface area contributed by atoms with Crippen molar-refractivity contribution in [2.75, 3.05) is 6.54 Å². The van der Waals surface area contributed by atoms with Gasteiger partial charge in [-0.2, -0.15) is 0 Å². The van der Waals surface area contributed by atoms with E-state index >= 15 is 0 Å². The summed E-state index contributed by atoms with van der Waals surface area (Å²) in [5, 5.41) is 3.90. The zero-order valence-electron chi connectivity index (χ0n) is 11.8. The Morgan fingerprint density at radius 3 is 2.70 bits per heavy atom. The average Bonchev–Trinajstić information content (AvgIpc) is 2.80. The van der Waals surface area contributed by atoms with Crippen LogP contribution in [0.5, 0.6) is 0 Å². The third-order valence-electron chi connectivity index (χ3n) is 3.16. The Morgan fingerprint density at radius 2 is 2.05 bits per heavy atom. The second-order valence-electron chi connectivity index (χ2n) is 4.97. The summed E-state index contributed by atoms with van der Waals surface area (Å²) >= 11 is 0. The van der Waals surface area contributed by atoms with E-state index in [4.69, 9.17) is 10.2 Å². The minimum Gasteiger partial charge on any atom is -0.460 e. The number of hydrogen-bond acceptors (Lipinski definition) is 3. The van der Waals surface area contributed by atoms with Crippen LogP contribution in [0.25, 0.3) is 11.0 Å². The quantitative estimate of drug-likeness (QED) is 0.891. The second-order valence-corrected chi connectivity index (χ2v) is 4.97. The Bertz CT molecular complexity index is 533. The lowest BCUT2D eigenvalue weighted by Crippen LogP contribution is -2.31. The Kier molecular flexibility index (Phi) is 6.05. The number of carbonyl (C=O) groups excluding carboxylic acids is 1. The van der Waals surface area contributed by atoms with Crippen LogP contribution >= 0.6 is 12.4 Å². The van der Waals surface area contributed by atoms with Crippen LogP contribution in [0.3, 0.4) is 0 Å². The van der Waals surface area contributed by atoms with Gasteiger partial charge in [-0.15, -0.1) is 12.4 Å². The van der Waals surface area contributed by atoms with Crippen LogP contribution < -0.4 is 11.1 Å². The van der Waals surface area contributed by atoms with E-state index in [9.17, 15) is 4.79 Å². The first-order valence-corrected chi connectivity index (χ1v) is 6.59. The molecule has 0 aliphatic rings. The minimum absolute atomic E-state index is 0. The highest BCUT2D eigenvalue weighted by molar-refractivity contribution is 5.85. The van der Waals surface area contributed by atoms with E-state index in [1.54, 1.807) is 0 Å². The van der Waals surface area contributed by atoms with Crippen LogP contribution in [-0.4, -0.2) is 18.5 Å². The highest BCUT2D eigenvalue weighted by Crippen LogP contribution is 2.24. The number of nitrogens with two attached hydrogens (primary N) is 1. The molecule has 0 saturated heterocycles. The third-order valence-corrected chi connectivity index (χ3v) is 3.16. The molecule has 110 valence electrons. The van der Waals surface area contributed by atoms with Gasteiger partial charge in [-0.25, -0.2) is 0 Å². The molecule has 0 radical (unpaired) electrons. The number of hydrogen-bond donors (Lipinski definition) is 2. The summed E-state index contributed by atoms with van der Waals surface area (Å²) in [6.07, 6.45) is 0.776. The van der Waals surface area contributed by atoms with E-state index < -0.39 is 0 Å². The molecule has 2 atom stereocenters. The number of furan rings is 1. The average molecular weight is 297 g/mol. The molecule has 2 rings (SSSR count). The highest BCUT2D eigenvalue weighted by Gasteiger charge is 2.18. The zero-order chi connectivity index (χ0) is 13.8. The number of nitrogens with one attached hydrogen (secondary N) is 1. The van der Waals surface area contributed by atoms with Crippen molar-refractivity contribution in [3.05, 3.63) is 36.1 Å². The molecule has 5 heteroatoms. The van der Waals surface area contributed by atoms with Gasteiger partial charge in [-0.1, -0.05) is 18.2 Å². The lowest BCUT2D eigenvalue weighted by atomic mass is 10.1. The van der Waals surface area contributed by atoms with E-state index in [2.05, 4.69) is 5.32 Å². The van der Waals surface area contributed by atoms with Crippen LogP contribution in [0.1, 0.15) is 31.9 Å². The Labute approximate surface area is 125 Å². The van der Waals surface area contributed by atoms with Gasteiger partial charge in [0.25, 0.3) is 0 Å². The predicted octanol–water partition coefficient (Wildman–Crippen LogP) is 2.81. The predicted molar refractivity (Wildman–Crippen MR) is 83.2 cm³/mol. The first-order valence-electron chi connectivity index (χ1n) is 6.59. The molecule has 0 aliphatic heterocycles. The fourth-order valence-electron chi connectivity index (χ4n) is 1.92. The molecular weight excluding hydrogens is 276 g/mol. The van der Waals surface area contributed by atoms with Gasteiger partial charge in [0.15, 0.2) is 0 Å². The van der Waals surface area contributed by atoms with Crippen LogP contribution in [0.15, 0.2) is 34.7 Å². The van der Waals surface area contributed by atoms with Crippen LogP contribution in [-0.2, 0) is 4.79 Å². The van der Waals surface area contributed by atoms with Gasteiger partial charge in [-0.05, 0) is 32.4 Å². The molecule has 0 aliphatic carbocycles. The molecule has 1 aromatic heterocycles. The molecule has 1 aromatic carbocycles. The summed E-state index contributed by atoms with van der Waals surface area (Å²) < 4.78 is 5.69. The molecular formula is C15H21ClN2O2. The normalized spacial score (nSPS) is 13.6. The fraction of sp³-hybridized carbons (Fsp3) is 0.400. The molecule has 2 aromatic rings. The Balaban J connectivity index is 0.00000200. The smallest absolute Gasteiger partial charge is 0.230 e. The standard InChI is InChI=1S/C15H20N2O2.ClH/c1-10(16)7-8-17-15(18)11(2)14-9-12-5-3-4-6-13(12)19-14;/h3-6,9-11H,7-8,16H2,1-2H3,(H,17,18);1H. The van der Waals surface area contributed by atoms with E-state index in [-0.39, 0.29) is 30.3 Å². The lowest BCUT2D eigenvalue weighted by Gasteiger charge is -2.10. The van der Waals surface area contributed by atoms with Crippen LogP contribution in [0.2, 0.25) is 0 Å². The largest absolute Gasteiger partial charge is 0.460 e. The number of benzene rings is 1. The number of fused-ring (bicyclic) bond motifs is 1. The summed E-state index contributed by atoms with van der Waals surface area (Å²) in [5.41, 5.74) is 6.46. The summed E-state index contributed by atoms with van der Waals surface area (Å²) in [7, 11) is 0. The highest BCUT2D eigenvalue weighted by atomic mass is 35.5. The number of halogens is 1. The first kappa shape index (κ1) is 16.5. The van der Waals surface area contributed by atoms with Crippen molar-refractivity contribution < 1.29 is 9.21 Å². The topological polar surface area (TPSA) is 68.3 Å². The monoisotopic (exact) mass is 296 g/mol. The Morgan fingerprint density at radius 1 is 1.35 bits per heavy atom. The molecule has 3 N–H and O–H groups in total. The second kappa shape index (κ2) is 7.31. The van der Waals surface area contributed by atoms with Gasteiger partial charge in [0, 0.05) is 18.0 Å². The summed E-state index contributed by atoms with van der Waals surface area (Å²) in [6.45, 7) is 4.37. The maximum atomic E-state index is 12.0. The van der Waals surface area contributed by atoms with Crippen LogP contribution in [0, 0.1) is 0 Å². The maximum absolute atomic E-state index is 12.0. The number of amides is 1. The molecule has 2 unspecified atom stereocenters. The van der Waals surface area contributed by atoms with Crippen molar-refractivity contribution in [2.45, 2.75) is 32.2 Å². The van der Waals surface area contributed by atoms with Crippen molar-refractivity contribution in [3.63, 3.8) is 0 Å². The molecule has 1 amide bonds. The molecule has 0 spiro atoms. The van der Waals surface area contributed by atoms with Crippen molar-refractivity contribution in [1.29, 1.82) is 0 Å². The van der Waals surface area contributed by atoms with Gasteiger partial charge in [0.05, 0.1) is 5.92 Å². The van der Waals surface area contributed by atoms with Crippen LogP contribution in [0.4, 0.5) is 0 Å². The van der Waals surface area contributed by atoms with Crippen molar-refractivity contribution >= 4 is 29.3 Å². The van der Waals surface area contributed by atoms with Gasteiger partial charge in [0.1, 0.15) is 11.3 Å². The van der Waals surface area contributed by atoms with E-state index in [0.29, 0.717) is 12.3 Å². The molecule has 0 fully saturated rings. The number of rotatable bonds is 5. The lowest BCUT2D eigenvalue weighted by molar-refractivity contribution is -0.122. The Hall–Kier alpha value is -1.52. The molecule has 20 heavy (non-hydrogen) atoms. The third kappa shape index (κ3) is 3.99. The van der Waals surface area contributed by atoms with E-state index in [1.165, 1.54) is 0 Å². The summed E-state index contributed by atoms with van der Waals surface area (Å²) in [6, 6.07) is 9.77. The SMILES string of the molecule is CC(N)CCNC(=O)C(C)c1cc2ccccc2o1.Cl. The number of carbonyl (C=O) groups is 1.